The first-order chi connectivity index (χ1) is 8.16. The highest BCUT2D eigenvalue weighted by molar-refractivity contribution is 5.51. The first-order valence-electron chi connectivity index (χ1n) is 5.72. The molecule has 0 fully saturated rings. The van der Waals surface area contributed by atoms with Gasteiger partial charge in [-0.1, -0.05) is 0 Å². The number of hydrogen-bond donors (Lipinski definition) is 2. The van der Waals surface area contributed by atoms with E-state index in [0.29, 0.717) is 0 Å². The van der Waals surface area contributed by atoms with Crippen molar-refractivity contribution in [2.24, 2.45) is 0 Å². The molecule has 2 rings (SSSR count). The minimum absolute atomic E-state index is 0.743. The number of anilines is 2. The number of nitrogen functional groups attached to an aromatic ring is 1. The van der Waals surface area contributed by atoms with E-state index in [9.17, 15) is 0 Å². The van der Waals surface area contributed by atoms with Gasteiger partial charge >= 0.3 is 0 Å². The standard InChI is InChI=1S/C13H18N4/c1-10-7-13(16-9-12(10)14)17(2)6-4-11-3-5-15-8-11/h3,5,7-9,15H,4,6,14H2,1-2H3. The molecule has 0 atom stereocenters. The topological polar surface area (TPSA) is 57.9 Å². The molecule has 2 heterocycles. The van der Waals surface area contributed by atoms with Gasteiger partial charge in [-0.15, -0.1) is 0 Å². The summed E-state index contributed by atoms with van der Waals surface area (Å²) in [5.41, 5.74) is 8.88. The van der Waals surface area contributed by atoms with E-state index in [-0.39, 0.29) is 0 Å². The molecular weight excluding hydrogens is 212 g/mol. The molecule has 0 amide bonds. The van der Waals surface area contributed by atoms with Crippen molar-refractivity contribution in [2.45, 2.75) is 13.3 Å². The van der Waals surface area contributed by atoms with Gasteiger partial charge in [-0.3, -0.25) is 0 Å². The number of H-pyrrole nitrogens is 1. The molecule has 0 aliphatic carbocycles. The van der Waals surface area contributed by atoms with E-state index in [1.54, 1.807) is 6.20 Å². The molecule has 2 aromatic heterocycles. The van der Waals surface area contributed by atoms with Crippen LogP contribution in [0.25, 0.3) is 0 Å². The van der Waals surface area contributed by atoms with Crippen LogP contribution < -0.4 is 10.6 Å². The number of nitrogens with zero attached hydrogens (tertiary/aromatic N) is 2. The van der Waals surface area contributed by atoms with E-state index in [2.05, 4.69) is 20.9 Å². The predicted octanol–water partition coefficient (Wildman–Crippen LogP) is 1.98. The van der Waals surface area contributed by atoms with Gasteiger partial charge in [0.25, 0.3) is 0 Å². The maximum absolute atomic E-state index is 5.75. The molecule has 4 heteroatoms. The number of rotatable bonds is 4. The Balaban J connectivity index is 1.99. The fourth-order valence-corrected chi connectivity index (χ4v) is 1.69. The molecular formula is C13H18N4. The van der Waals surface area contributed by atoms with Gasteiger partial charge in [0.05, 0.1) is 11.9 Å². The third-order valence-electron chi connectivity index (χ3n) is 2.93. The molecule has 4 nitrogen and oxygen atoms in total. The van der Waals surface area contributed by atoms with Gasteiger partial charge < -0.3 is 15.6 Å². The largest absolute Gasteiger partial charge is 0.397 e. The van der Waals surface area contributed by atoms with E-state index in [0.717, 1.165) is 30.0 Å². The number of pyridine rings is 1. The van der Waals surface area contributed by atoms with Gasteiger partial charge in [0.2, 0.25) is 0 Å². The molecule has 0 saturated carbocycles. The Morgan fingerprint density at radius 3 is 2.94 bits per heavy atom. The lowest BCUT2D eigenvalue weighted by Gasteiger charge is -2.18. The fourth-order valence-electron chi connectivity index (χ4n) is 1.69. The van der Waals surface area contributed by atoms with Crippen molar-refractivity contribution < 1.29 is 0 Å². The molecule has 3 N–H and O–H groups in total. The van der Waals surface area contributed by atoms with Crippen LogP contribution in [0.4, 0.5) is 11.5 Å². The van der Waals surface area contributed by atoms with Gasteiger partial charge in [-0.25, -0.2) is 4.98 Å². The molecule has 0 unspecified atom stereocenters. The zero-order chi connectivity index (χ0) is 12.3. The summed E-state index contributed by atoms with van der Waals surface area (Å²) in [6, 6.07) is 4.11. The van der Waals surface area contributed by atoms with Crippen molar-refractivity contribution in [1.82, 2.24) is 9.97 Å². The Bertz CT molecular complexity index is 476. The Hall–Kier alpha value is -1.97. The second-order valence-corrected chi connectivity index (χ2v) is 4.29. The lowest BCUT2D eigenvalue weighted by Crippen LogP contribution is -2.21. The molecule has 2 aromatic rings. The lowest BCUT2D eigenvalue weighted by molar-refractivity contribution is 0.860. The predicted molar refractivity (Wildman–Crippen MR) is 71.2 cm³/mol. The van der Waals surface area contributed by atoms with Crippen LogP contribution in [0.2, 0.25) is 0 Å². The van der Waals surface area contributed by atoms with Gasteiger partial charge in [-0.2, -0.15) is 0 Å². The number of aromatic amines is 1. The number of aromatic nitrogens is 2. The summed E-state index contributed by atoms with van der Waals surface area (Å²) in [6.45, 7) is 2.94. The molecule has 0 aliphatic rings. The first kappa shape index (κ1) is 11.5. The van der Waals surface area contributed by atoms with Gasteiger partial charge in [0.1, 0.15) is 5.82 Å². The minimum Gasteiger partial charge on any atom is -0.397 e. The lowest BCUT2D eigenvalue weighted by atomic mass is 10.2. The molecule has 90 valence electrons. The van der Waals surface area contributed by atoms with Crippen molar-refractivity contribution in [1.29, 1.82) is 0 Å². The second kappa shape index (κ2) is 4.91. The van der Waals surface area contributed by atoms with Crippen molar-refractivity contribution in [3.8, 4) is 0 Å². The Morgan fingerprint density at radius 1 is 1.47 bits per heavy atom. The van der Waals surface area contributed by atoms with Crippen LogP contribution in [0.5, 0.6) is 0 Å². The quantitative estimate of drug-likeness (QED) is 0.844. The van der Waals surface area contributed by atoms with E-state index < -0.39 is 0 Å². The SMILES string of the molecule is Cc1cc(N(C)CCc2cc[nH]c2)ncc1N. The summed E-state index contributed by atoms with van der Waals surface area (Å²) in [4.78, 5) is 9.53. The summed E-state index contributed by atoms with van der Waals surface area (Å²) in [6.07, 6.45) is 6.69. The molecule has 0 aliphatic heterocycles. The number of nitrogens with one attached hydrogen (secondary N) is 1. The first-order valence-corrected chi connectivity index (χ1v) is 5.72. The fraction of sp³-hybridized carbons (Fsp3) is 0.308. The van der Waals surface area contributed by atoms with Gasteiger partial charge in [-0.05, 0) is 36.6 Å². The highest BCUT2D eigenvalue weighted by Crippen LogP contribution is 2.16. The van der Waals surface area contributed by atoms with Crippen LogP contribution >= 0.6 is 0 Å². The summed E-state index contributed by atoms with van der Waals surface area (Å²) in [5.74, 6) is 0.965. The van der Waals surface area contributed by atoms with E-state index in [1.165, 1.54) is 5.56 Å². The molecule has 0 saturated heterocycles. The van der Waals surface area contributed by atoms with E-state index in [4.69, 9.17) is 5.73 Å². The molecule has 0 spiro atoms. The molecule has 17 heavy (non-hydrogen) atoms. The average molecular weight is 230 g/mol. The molecule has 0 bridgehead atoms. The van der Waals surface area contributed by atoms with Crippen LogP contribution in [-0.2, 0) is 6.42 Å². The van der Waals surface area contributed by atoms with Crippen molar-refractivity contribution in [3.63, 3.8) is 0 Å². The highest BCUT2D eigenvalue weighted by atomic mass is 15.2. The van der Waals surface area contributed by atoms with E-state index in [1.807, 2.05) is 32.4 Å². The van der Waals surface area contributed by atoms with Crippen molar-refractivity contribution >= 4 is 11.5 Å². The smallest absolute Gasteiger partial charge is 0.128 e. The normalized spacial score (nSPS) is 10.5. The van der Waals surface area contributed by atoms with E-state index >= 15 is 0 Å². The Kier molecular flexibility index (Phi) is 3.32. The third-order valence-corrected chi connectivity index (χ3v) is 2.93. The summed E-state index contributed by atoms with van der Waals surface area (Å²) < 4.78 is 0. The van der Waals surface area contributed by atoms with Crippen LogP contribution in [0, 0.1) is 6.92 Å². The minimum atomic E-state index is 0.743. The average Bonchev–Trinajstić information content (AvgIpc) is 2.82. The summed E-state index contributed by atoms with van der Waals surface area (Å²) >= 11 is 0. The van der Waals surface area contributed by atoms with Crippen molar-refractivity contribution in [2.75, 3.05) is 24.2 Å². The Morgan fingerprint density at radius 2 is 2.29 bits per heavy atom. The van der Waals surface area contributed by atoms with Crippen LogP contribution in [-0.4, -0.2) is 23.6 Å². The number of likely N-dealkylation sites (N-methyl/N-ethyl adjacent to an activating group) is 1. The maximum Gasteiger partial charge on any atom is 0.128 e. The third kappa shape index (κ3) is 2.78. The summed E-state index contributed by atoms with van der Waals surface area (Å²) in [7, 11) is 2.05. The van der Waals surface area contributed by atoms with Gasteiger partial charge in [0, 0.05) is 26.0 Å². The maximum atomic E-state index is 5.75. The summed E-state index contributed by atoms with van der Waals surface area (Å²) in [5, 5.41) is 0. The van der Waals surface area contributed by atoms with Crippen LogP contribution in [0.15, 0.2) is 30.7 Å². The second-order valence-electron chi connectivity index (χ2n) is 4.29. The monoisotopic (exact) mass is 230 g/mol. The van der Waals surface area contributed by atoms with Crippen molar-refractivity contribution in [3.05, 3.63) is 41.9 Å². The van der Waals surface area contributed by atoms with Crippen LogP contribution in [0.1, 0.15) is 11.1 Å². The van der Waals surface area contributed by atoms with Gasteiger partial charge in [0.15, 0.2) is 0 Å². The number of hydrogen-bond acceptors (Lipinski definition) is 3. The number of nitrogens with two attached hydrogens (primary N) is 1. The number of aryl methyl sites for hydroxylation is 1. The molecule has 0 radical (unpaired) electrons. The highest BCUT2D eigenvalue weighted by Gasteiger charge is 2.04. The zero-order valence-electron chi connectivity index (χ0n) is 10.3. The molecule has 0 aromatic carbocycles. The zero-order valence-corrected chi connectivity index (χ0v) is 10.3. The Labute approximate surface area is 101 Å². The van der Waals surface area contributed by atoms with Crippen LogP contribution in [0.3, 0.4) is 0 Å².